The van der Waals surface area contributed by atoms with Crippen molar-refractivity contribution in [3.05, 3.63) is 47.7 Å². The van der Waals surface area contributed by atoms with Crippen molar-refractivity contribution in [1.29, 1.82) is 0 Å². The third-order valence-electron chi connectivity index (χ3n) is 9.21. The van der Waals surface area contributed by atoms with Crippen LogP contribution in [0, 0.1) is 18.8 Å². The number of pyridine rings is 1. The number of likely N-dealkylation sites (tertiary alicyclic amines) is 1. The van der Waals surface area contributed by atoms with Gasteiger partial charge < -0.3 is 15.0 Å². The van der Waals surface area contributed by atoms with Crippen molar-refractivity contribution in [3.63, 3.8) is 0 Å². The third-order valence-corrected chi connectivity index (χ3v) is 9.21. The number of nitrogens with zero attached hydrogens (tertiary/aromatic N) is 5. The van der Waals surface area contributed by atoms with Crippen LogP contribution in [0.5, 0.6) is 0 Å². The summed E-state index contributed by atoms with van der Waals surface area (Å²) < 4.78 is 5.65. The molecule has 1 N–H and O–H groups in total. The summed E-state index contributed by atoms with van der Waals surface area (Å²) in [6.07, 6.45) is 11.9. The number of carbonyl (C=O) groups is 1. The lowest BCUT2D eigenvalue weighted by atomic mass is 9.82. The molecule has 0 spiro atoms. The van der Waals surface area contributed by atoms with E-state index in [0.717, 1.165) is 73.5 Å². The molecule has 0 atom stereocenters. The molecule has 3 aliphatic heterocycles. The Labute approximate surface area is 238 Å². The van der Waals surface area contributed by atoms with Crippen LogP contribution in [-0.4, -0.2) is 72.6 Å². The van der Waals surface area contributed by atoms with E-state index in [-0.39, 0.29) is 12.1 Å². The molecule has 40 heavy (non-hydrogen) atoms. The van der Waals surface area contributed by atoms with Gasteiger partial charge in [0, 0.05) is 31.2 Å². The number of nitrogens with one attached hydrogen (secondary N) is 1. The minimum absolute atomic E-state index is 0.0215. The molecule has 0 bridgehead atoms. The summed E-state index contributed by atoms with van der Waals surface area (Å²) >= 11 is 0. The molecule has 0 unspecified atom stereocenters. The Morgan fingerprint density at radius 1 is 0.975 bits per heavy atom. The van der Waals surface area contributed by atoms with Crippen LogP contribution in [0.3, 0.4) is 0 Å². The first kappa shape index (κ1) is 27.2. The average Bonchev–Trinajstić information content (AvgIpc) is 3.12. The van der Waals surface area contributed by atoms with Gasteiger partial charge >= 0.3 is 6.03 Å². The fourth-order valence-electron chi connectivity index (χ4n) is 6.68. The predicted octanol–water partition coefficient (Wildman–Crippen LogP) is 6.18. The number of fused-ring (bicyclic) bond motifs is 1. The lowest BCUT2D eigenvalue weighted by Crippen LogP contribution is -2.45. The van der Waals surface area contributed by atoms with Crippen molar-refractivity contribution in [1.82, 2.24) is 14.9 Å². The van der Waals surface area contributed by atoms with Crippen LogP contribution in [0.25, 0.3) is 0 Å². The number of aryl methyl sites for hydroxylation is 1. The summed E-state index contributed by atoms with van der Waals surface area (Å²) in [5.74, 6) is 1.68. The van der Waals surface area contributed by atoms with Gasteiger partial charge in [-0.05, 0) is 95.3 Å². The highest BCUT2D eigenvalue weighted by atomic mass is 16.5. The fraction of sp³-hybridized carbons (Fsp3) is 0.594. The highest BCUT2D eigenvalue weighted by Gasteiger charge is 2.38. The second kappa shape index (κ2) is 12.3. The molecule has 1 aromatic heterocycles. The van der Waals surface area contributed by atoms with Gasteiger partial charge in [0.25, 0.3) is 0 Å². The number of hydrogen-bond acceptors (Lipinski definition) is 6. The number of piperidine rings is 1. The van der Waals surface area contributed by atoms with Crippen LogP contribution in [0.15, 0.2) is 41.6 Å². The number of amides is 2. The van der Waals surface area contributed by atoms with E-state index in [1.54, 1.807) is 9.91 Å². The van der Waals surface area contributed by atoms with Gasteiger partial charge in [-0.3, -0.25) is 0 Å². The summed E-state index contributed by atoms with van der Waals surface area (Å²) in [6.45, 7) is 6.68. The van der Waals surface area contributed by atoms with Gasteiger partial charge in [0.05, 0.1) is 29.3 Å². The summed E-state index contributed by atoms with van der Waals surface area (Å²) in [6, 6.07) is 10.4. The quantitative estimate of drug-likeness (QED) is 0.470. The molecule has 1 aromatic carbocycles. The van der Waals surface area contributed by atoms with E-state index < -0.39 is 0 Å². The van der Waals surface area contributed by atoms with E-state index in [0.29, 0.717) is 30.9 Å². The second-order valence-corrected chi connectivity index (χ2v) is 12.2. The van der Waals surface area contributed by atoms with Gasteiger partial charge in [-0.2, -0.15) is 5.10 Å². The maximum absolute atomic E-state index is 14.4. The first-order valence-corrected chi connectivity index (χ1v) is 15.4. The first-order valence-electron chi connectivity index (χ1n) is 15.4. The molecule has 1 aliphatic carbocycles. The number of hydrazone groups is 1. The molecule has 214 valence electrons. The molecule has 4 heterocycles. The average molecular weight is 545 g/mol. The molecule has 3 fully saturated rings. The zero-order valence-corrected chi connectivity index (χ0v) is 24.1. The SMILES string of the molecule is Cc1ccc2c(c1)N(c1ccc(NCC3CCN(C)CC3)cn1)C(=O)N(C1CCOCC1)N=C2C1CCCCC1. The lowest BCUT2D eigenvalue weighted by Gasteiger charge is -2.33. The molecule has 4 aliphatic rings. The van der Waals surface area contributed by atoms with E-state index >= 15 is 0 Å². The number of ether oxygens (including phenoxy) is 1. The number of aromatic nitrogens is 1. The van der Waals surface area contributed by atoms with E-state index in [1.165, 1.54) is 32.1 Å². The largest absolute Gasteiger partial charge is 0.384 e. The topological polar surface area (TPSA) is 73.3 Å². The monoisotopic (exact) mass is 544 g/mol. The van der Waals surface area contributed by atoms with E-state index in [1.807, 2.05) is 12.3 Å². The minimum Gasteiger partial charge on any atom is -0.384 e. The van der Waals surface area contributed by atoms with Gasteiger partial charge in [0.2, 0.25) is 0 Å². The molecule has 1 saturated carbocycles. The highest BCUT2D eigenvalue weighted by molar-refractivity contribution is 6.13. The van der Waals surface area contributed by atoms with Crippen LogP contribution in [0.2, 0.25) is 0 Å². The van der Waals surface area contributed by atoms with Crippen molar-refractivity contribution in [3.8, 4) is 0 Å². The number of carbonyl (C=O) groups excluding carboxylic acids is 1. The Morgan fingerprint density at radius 2 is 1.75 bits per heavy atom. The lowest BCUT2D eigenvalue weighted by molar-refractivity contribution is 0.0480. The first-order chi connectivity index (χ1) is 19.6. The van der Waals surface area contributed by atoms with Gasteiger partial charge in [-0.15, -0.1) is 0 Å². The van der Waals surface area contributed by atoms with E-state index in [9.17, 15) is 4.79 Å². The summed E-state index contributed by atoms with van der Waals surface area (Å²) in [7, 11) is 2.20. The van der Waals surface area contributed by atoms with Gasteiger partial charge in [-0.25, -0.2) is 19.7 Å². The Bertz CT molecular complexity index is 1190. The molecule has 2 aromatic rings. The van der Waals surface area contributed by atoms with Gasteiger partial charge in [0.1, 0.15) is 5.82 Å². The van der Waals surface area contributed by atoms with Crippen molar-refractivity contribution in [2.75, 3.05) is 50.1 Å². The van der Waals surface area contributed by atoms with Crippen LogP contribution < -0.4 is 10.2 Å². The zero-order chi connectivity index (χ0) is 27.5. The standard InChI is InChI=1S/C32H44N6O2/c1-23-8-10-28-29(20-23)37(30-11-9-26(22-34-30)33-21-24-12-16-36(2)17-13-24)32(39)38(27-14-18-40-19-15-27)35-31(28)25-6-4-3-5-7-25/h8-11,20,22,24-25,27,33H,3-7,12-19,21H2,1-2H3. The summed E-state index contributed by atoms with van der Waals surface area (Å²) in [4.78, 5) is 23.5. The van der Waals surface area contributed by atoms with Crippen LogP contribution in [0.4, 0.5) is 22.0 Å². The molecule has 0 radical (unpaired) electrons. The molecule has 6 rings (SSSR count). The molecule has 8 nitrogen and oxygen atoms in total. The van der Waals surface area contributed by atoms with Crippen LogP contribution in [-0.2, 0) is 4.74 Å². The van der Waals surface area contributed by atoms with Crippen molar-refractivity contribution < 1.29 is 9.53 Å². The number of hydrogen-bond donors (Lipinski definition) is 1. The van der Waals surface area contributed by atoms with Crippen LogP contribution in [0.1, 0.15) is 68.9 Å². The smallest absolute Gasteiger partial charge is 0.351 e. The number of anilines is 3. The normalized spacial score (nSPS) is 22.1. The Kier molecular flexibility index (Phi) is 8.35. The Hall–Kier alpha value is -2.97. The fourth-order valence-corrected chi connectivity index (χ4v) is 6.68. The van der Waals surface area contributed by atoms with Gasteiger partial charge in [-0.1, -0.05) is 31.4 Å². The van der Waals surface area contributed by atoms with Crippen molar-refractivity contribution >= 4 is 28.9 Å². The van der Waals surface area contributed by atoms with E-state index in [4.69, 9.17) is 14.8 Å². The Balaban J connectivity index is 1.32. The minimum atomic E-state index is -0.121. The summed E-state index contributed by atoms with van der Waals surface area (Å²) in [5.41, 5.74) is 5.13. The maximum Gasteiger partial charge on any atom is 0.351 e. The number of benzene rings is 1. The van der Waals surface area contributed by atoms with Gasteiger partial charge in [0.15, 0.2) is 0 Å². The van der Waals surface area contributed by atoms with Crippen molar-refractivity contribution in [2.24, 2.45) is 16.9 Å². The number of urea groups is 1. The predicted molar refractivity (Wildman–Crippen MR) is 160 cm³/mol. The van der Waals surface area contributed by atoms with E-state index in [2.05, 4.69) is 48.5 Å². The zero-order valence-electron chi connectivity index (χ0n) is 24.1. The Morgan fingerprint density at radius 3 is 2.48 bits per heavy atom. The highest BCUT2D eigenvalue weighted by Crippen LogP contribution is 2.38. The molecular formula is C32H44N6O2. The van der Waals surface area contributed by atoms with Crippen LogP contribution >= 0.6 is 0 Å². The molecule has 8 heteroatoms. The second-order valence-electron chi connectivity index (χ2n) is 12.2. The summed E-state index contributed by atoms with van der Waals surface area (Å²) in [5, 5.41) is 10.6. The maximum atomic E-state index is 14.4. The third kappa shape index (κ3) is 5.88. The molecular weight excluding hydrogens is 500 g/mol. The molecule has 2 saturated heterocycles. The van der Waals surface area contributed by atoms with Crippen molar-refractivity contribution in [2.45, 2.75) is 70.8 Å². The molecule has 2 amide bonds. The number of rotatable bonds is 6.